The minimum Gasteiger partial charge on any atom is -0.372 e. The maximum Gasteiger partial charge on any atom is 0.274 e. The molecule has 31 heavy (non-hydrogen) atoms. The lowest BCUT2D eigenvalue weighted by Gasteiger charge is -2.35. The van der Waals surface area contributed by atoms with E-state index in [1.165, 1.54) is 0 Å². The first kappa shape index (κ1) is 21.8. The van der Waals surface area contributed by atoms with Crippen LogP contribution in [0.15, 0.2) is 30.7 Å². The van der Waals surface area contributed by atoms with Gasteiger partial charge in [0.25, 0.3) is 5.91 Å². The second kappa shape index (κ2) is 8.98. The zero-order valence-electron chi connectivity index (χ0n) is 18.5. The van der Waals surface area contributed by atoms with Gasteiger partial charge in [-0.25, -0.2) is 9.97 Å². The Hall–Kier alpha value is -2.42. The number of fused-ring (bicyclic) bond motifs is 1. The first-order valence-electron chi connectivity index (χ1n) is 10.7. The van der Waals surface area contributed by atoms with Crippen LogP contribution < -0.4 is 0 Å². The quantitative estimate of drug-likeness (QED) is 0.584. The number of aromatic nitrogens is 4. The number of ether oxygens (including phenoxy) is 1. The van der Waals surface area contributed by atoms with Crippen molar-refractivity contribution in [3.63, 3.8) is 0 Å². The summed E-state index contributed by atoms with van der Waals surface area (Å²) >= 11 is 6.27. The summed E-state index contributed by atoms with van der Waals surface area (Å²) in [6.07, 6.45) is 5.61. The monoisotopic (exact) mass is 444 g/mol. The number of carbonyl (C=O) groups is 1. The molecule has 0 bridgehead atoms. The fourth-order valence-corrected chi connectivity index (χ4v) is 4.38. The van der Waals surface area contributed by atoms with E-state index in [0.717, 1.165) is 18.1 Å². The Morgan fingerprint density at radius 2 is 2.00 bits per heavy atom. The number of halogens is 1. The molecule has 0 saturated carbocycles. The zero-order chi connectivity index (χ0) is 22.1. The van der Waals surface area contributed by atoms with Crippen molar-refractivity contribution in [3.8, 4) is 0 Å². The third-order valence-corrected chi connectivity index (χ3v) is 5.79. The molecule has 0 aliphatic carbocycles. The molecule has 2 unspecified atom stereocenters. The van der Waals surface area contributed by atoms with Gasteiger partial charge >= 0.3 is 0 Å². The maximum absolute atomic E-state index is 13.5. The first-order valence-corrected chi connectivity index (χ1v) is 11.0. The lowest BCUT2D eigenvalue weighted by atomic mass is 10.2. The van der Waals surface area contributed by atoms with Crippen LogP contribution >= 0.6 is 11.6 Å². The molecule has 1 aliphatic rings. The van der Waals surface area contributed by atoms with E-state index in [1.807, 2.05) is 54.9 Å². The van der Waals surface area contributed by atoms with Crippen molar-refractivity contribution in [2.45, 2.75) is 52.6 Å². The number of nitrogens with zero attached hydrogens (tertiary/aromatic N) is 6. The molecule has 4 heterocycles. The Balaban J connectivity index is 1.66. The minimum absolute atomic E-state index is 0.00166. The molecule has 1 fully saturated rings. The van der Waals surface area contributed by atoms with Gasteiger partial charge in [-0.3, -0.25) is 9.69 Å². The third kappa shape index (κ3) is 4.61. The normalized spacial score (nSPS) is 19.5. The SMILES string of the molecule is CCn1ccnc1CN(C)Cc1c(C(=O)N2CC(C)OC(C)C2)nc2ccc(Cl)cn12. The number of rotatable bonds is 6. The number of hydrogen-bond donors (Lipinski definition) is 0. The molecular weight excluding hydrogens is 416 g/mol. The first-order chi connectivity index (χ1) is 14.9. The van der Waals surface area contributed by atoms with Crippen LogP contribution in [0.3, 0.4) is 0 Å². The molecule has 4 rings (SSSR count). The van der Waals surface area contributed by atoms with Crippen molar-refractivity contribution >= 4 is 23.2 Å². The summed E-state index contributed by atoms with van der Waals surface area (Å²) in [4.78, 5) is 26.6. The van der Waals surface area contributed by atoms with Crippen molar-refractivity contribution < 1.29 is 9.53 Å². The highest BCUT2D eigenvalue weighted by atomic mass is 35.5. The predicted octanol–water partition coefficient (Wildman–Crippen LogP) is 3.09. The summed E-state index contributed by atoms with van der Waals surface area (Å²) in [6.45, 7) is 9.25. The minimum atomic E-state index is -0.0692. The van der Waals surface area contributed by atoms with Crippen LogP contribution in [0.5, 0.6) is 0 Å². The Morgan fingerprint density at radius 3 is 2.71 bits per heavy atom. The van der Waals surface area contributed by atoms with Gasteiger partial charge in [0.15, 0.2) is 5.69 Å². The average molecular weight is 445 g/mol. The van der Waals surface area contributed by atoms with E-state index in [-0.39, 0.29) is 18.1 Å². The van der Waals surface area contributed by atoms with E-state index < -0.39 is 0 Å². The molecular formula is C22H29ClN6O2. The summed E-state index contributed by atoms with van der Waals surface area (Å²) in [5.74, 6) is 0.917. The number of hydrogen-bond acceptors (Lipinski definition) is 5. The van der Waals surface area contributed by atoms with Crippen LogP contribution in [0, 0.1) is 0 Å². The van der Waals surface area contributed by atoms with Crippen molar-refractivity contribution in [1.82, 2.24) is 28.7 Å². The number of imidazole rings is 2. The summed E-state index contributed by atoms with van der Waals surface area (Å²) < 4.78 is 9.84. The van der Waals surface area contributed by atoms with Crippen LogP contribution in [-0.4, -0.2) is 67.0 Å². The highest BCUT2D eigenvalue weighted by molar-refractivity contribution is 6.30. The molecule has 3 aromatic rings. The second-order valence-corrected chi connectivity index (χ2v) is 8.69. The number of morpholine rings is 1. The average Bonchev–Trinajstić information content (AvgIpc) is 3.31. The lowest BCUT2D eigenvalue weighted by Crippen LogP contribution is -2.48. The van der Waals surface area contributed by atoms with Gasteiger partial charge < -0.3 is 18.6 Å². The molecule has 0 aromatic carbocycles. The van der Waals surface area contributed by atoms with E-state index in [9.17, 15) is 4.79 Å². The van der Waals surface area contributed by atoms with Crippen LogP contribution in [0.25, 0.3) is 5.65 Å². The van der Waals surface area contributed by atoms with Gasteiger partial charge in [0.1, 0.15) is 11.5 Å². The van der Waals surface area contributed by atoms with Gasteiger partial charge in [-0.05, 0) is 40.0 Å². The molecule has 0 radical (unpaired) electrons. The third-order valence-electron chi connectivity index (χ3n) is 5.56. The number of aryl methyl sites for hydroxylation is 1. The number of pyridine rings is 1. The smallest absolute Gasteiger partial charge is 0.274 e. The fraction of sp³-hybridized carbons (Fsp3) is 0.500. The Morgan fingerprint density at radius 1 is 1.26 bits per heavy atom. The molecule has 2 atom stereocenters. The van der Waals surface area contributed by atoms with Gasteiger partial charge in [0.05, 0.1) is 29.5 Å². The molecule has 166 valence electrons. The van der Waals surface area contributed by atoms with Crippen LogP contribution in [-0.2, 0) is 24.4 Å². The van der Waals surface area contributed by atoms with Gasteiger partial charge in [-0.2, -0.15) is 0 Å². The van der Waals surface area contributed by atoms with Crippen LogP contribution in [0.1, 0.15) is 42.8 Å². The molecule has 1 saturated heterocycles. The van der Waals surface area contributed by atoms with E-state index in [1.54, 1.807) is 6.07 Å². The highest BCUT2D eigenvalue weighted by Gasteiger charge is 2.30. The Bertz CT molecular complexity index is 1070. The molecule has 0 spiro atoms. The Labute approximate surface area is 187 Å². The van der Waals surface area contributed by atoms with Crippen LogP contribution in [0.2, 0.25) is 5.02 Å². The van der Waals surface area contributed by atoms with Crippen molar-refractivity contribution in [2.24, 2.45) is 0 Å². The van der Waals surface area contributed by atoms with Crippen molar-refractivity contribution in [3.05, 3.63) is 53.0 Å². The van der Waals surface area contributed by atoms with Crippen molar-refractivity contribution in [1.29, 1.82) is 0 Å². The predicted molar refractivity (Wildman–Crippen MR) is 119 cm³/mol. The lowest BCUT2D eigenvalue weighted by molar-refractivity contribution is -0.0587. The summed E-state index contributed by atoms with van der Waals surface area (Å²) in [6, 6.07) is 3.64. The van der Waals surface area contributed by atoms with E-state index >= 15 is 0 Å². The van der Waals surface area contributed by atoms with Gasteiger partial charge in [-0.15, -0.1) is 0 Å². The largest absolute Gasteiger partial charge is 0.372 e. The molecule has 8 nitrogen and oxygen atoms in total. The van der Waals surface area contributed by atoms with Gasteiger partial charge in [-0.1, -0.05) is 11.6 Å². The second-order valence-electron chi connectivity index (χ2n) is 8.25. The standard InChI is InChI=1S/C22H29ClN6O2/c1-5-27-9-8-24-20(27)14-26(4)13-18-21(25-19-7-6-17(23)12-29(18)19)22(30)28-10-15(2)31-16(3)11-28/h6-9,12,15-16H,5,10-11,13-14H2,1-4H3. The fourth-order valence-electron chi connectivity index (χ4n) is 4.22. The molecule has 0 N–H and O–H groups in total. The zero-order valence-corrected chi connectivity index (χ0v) is 19.2. The van der Waals surface area contributed by atoms with E-state index in [2.05, 4.69) is 26.4 Å². The summed E-state index contributed by atoms with van der Waals surface area (Å²) in [7, 11) is 2.02. The summed E-state index contributed by atoms with van der Waals surface area (Å²) in [5, 5.41) is 0.600. The van der Waals surface area contributed by atoms with Gasteiger partial charge in [0.2, 0.25) is 0 Å². The molecule has 9 heteroatoms. The van der Waals surface area contributed by atoms with Crippen molar-refractivity contribution in [2.75, 3.05) is 20.1 Å². The Kier molecular flexibility index (Phi) is 6.31. The summed E-state index contributed by atoms with van der Waals surface area (Å²) in [5.41, 5.74) is 2.00. The molecule has 1 amide bonds. The van der Waals surface area contributed by atoms with E-state index in [0.29, 0.717) is 42.5 Å². The maximum atomic E-state index is 13.5. The highest BCUT2D eigenvalue weighted by Crippen LogP contribution is 2.22. The topological polar surface area (TPSA) is 67.9 Å². The number of carbonyl (C=O) groups excluding carboxylic acids is 1. The molecule has 1 aliphatic heterocycles. The number of amides is 1. The van der Waals surface area contributed by atoms with Gasteiger partial charge in [0, 0.05) is 44.8 Å². The van der Waals surface area contributed by atoms with E-state index in [4.69, 9.17) is 16.3 Å². The van der Waals surface area contributed by atoms with Crippen LogP contribution in [0.4, 0.5) is 0 Å². The molecule has 3 aromatic heterocycles.